The van der Waals surface area contributed by atoms with Gasteiger partial charge in [0.1, 0.15) is 12.4 Å². The summed E-state index contributed by atoms with van der Waals surface area (Å²) in [5.74, 6) is 1.88. The van der Waals surface area contributed by atoms with E-state index in [0.717, 1.165) is 26.5 Å². The highest BCUT2D eigenvalue weighted by Crippen LogP contribution is 2.35. The lowest BCUT2D eigenvalue weighted by Gasteiger charge is -2.17. The van der Waals surface area contributed by atoms with Gasteiger partial charge in [0.25, 0.3) is 5.56 Å². The average Bonchev–Trinajstić information content (AvgIpc) is 2.96. The summed E-state index contributed by atoms with van der Waals surface area (Å²) in [5.41, 5.74) is 3.23. The number of rotatable bonds is 10. The van der Waals surface area contributed by atoms with Crippen LogP contribution in [0.3, 0.4) is 0 Å². The van der Waals surface area contributed by atoms with Crippen LogP contribution in [0.5, 0.6) is 11.5 Å². The monoisotopic (exact) mass is 595 g/mol. The van der Waals surface area contributed by atoms with E-state index in [2.05, 4.69) is 56.9 Å². The van der Waals surface area contributed by atoms with Gasteiger partial charge in [-0.3, -0.25) is 4.79 Å². The smallest absolute Gasteiger partial charge is 0.282 e. The highest BCUT2D eigenvalue weighted by Gasteiger charge is 2.15. The Kier molecular flexibility index (Phi) is 8.41. The molecule has 0 amide bonds. The van der Waals surface area contributed by atoms with Gasteiger partial charge in [-0.2, -0.15) is 9.78 Å². The summed E-state index contributed by atoms with van der Waals surface area (Å²) in [6.07, 6.45) is 4.64. The molecule has 5 rings (SSSR count). The molecule has 0 unspecified atom stereocenters. The molecule has 0 saturated heterocycles. The molecular formula is C33H30BrN3O3. The predicted octanol–water partition coefficient (Wildman–Crippen LogP) is 7.46. The van der Waals surface area contributed by atoms with Gasteiger partial charge in [0, 0.05) is 16.5 Å². The lowest BCUT2D eigenvalue weighted by molar-refractivity contribution is 0.268. The van der Waals surface area contributed by atoms with Crippen molar-refractivity contribution in [2.45, 2.75) is 33.3 Å². The van der Waals surface area contributed by atoms with E-state index in [4.69, 9.17) is 9.47 Å². The molecule has 0 saturated carbocycles. The minimum absolute atomic E-state index is 0.217. The van der Waals surface area contributed by atoms with E-state index in [1.807, 2.05) is 62.4 Å². The maximum atomic E-state index is 13.3. The zero-order valence-corrected chi connectivity index (χ0v) is 24.1. The molecule has 0 N–H and O–H groups in total. The molecule has 1 aromatic heterocycles. The van der Waals surface area contributed by atoms with E-state index in [1.165, 1.54) is 10.1 Å². The summed E-state index contributed by atoms with van der Waals surface area (Å²) in [4.78, 5) is 18.0. The van der Waals surface area contributed by atoms with Crippen LogP contribution in [-0.2, 0) is 19.4 Å². The second-order valence-corrected chi connectivity index (χ2v) is 10.2. The number of aromatic nitrogens is 2. The Labute approximate surface area is 241 Å². The van der Waals surface area contributed by atoms with Crippen molar-refractivity contribution < 1.29 is 9.47 Å². The third-order valence-corrected chi connectivity index (χ3v) is 7.08. The molecule has 0 atom stereocenters. The predicted molar refractivity (Wildman–Crippen MR) is 166 cm³/mol. The lowest BCUT2D eigenvalue weighted by atomic mass is 10.0. The number of hydrogen-bond acceptors (Lipinski definition) is 5. The minimum Gasteiger partial charge on any atom is -0.490 e. The van der Waals surface area contributed by atoms with Crippen molar-refractivity contribution in [3.63, 3.8) is 0 Å². The fraction of sp³-hybridized carbons (Fsp3) is 0.182. The van der Waals surface area contributed by atoms with Crippen LogP contribution in [0, 0.1) is 0 Å². The molecule has 6 nitrogen and oxygen atoms in total. The van der Waals surface area contributed by atoms with Crippen LogP contribution in [-0.4, -0.2) is 22.5 Å². The summed E-state index contributed by atoms with van der Waals surface area (Å²) in [6.45, 7) is 8.70. The first-order chi connectivity index (χ1) is 19.5. The van der Waals surface area contributed by atoms with Crippen LogP contribution in [0.2, 0.25) is 0 Å². The number of hydrogen-bond donors (Lipinski definition) is 0. The van der Waals surface area contributed by atoms with Gasteiger partial charge in [0.15, 0.2) is 11.5 Å². The molecule has 202 valence electrons. The topological polar surface area (TPSA) is 65.7 Å². The van der Waals surface area contributed by atoms with Crippen LogP contribution in [0.15, 0.2) is 99.8 Å². The Morgan fingerprint density at radius 1 is 0.975 bits per heavy atom. The number of halogens is 1. The van der Waals surface area contributed by atoms with Crippen LogP contribution in [0.1, 0.15) is 36.4 Å². The van der Waals surface area contributed by atoms with E-state index < -0.39 is 0 Å². The summed E-state index contributed by atoms with van der Waals surface area (Å²) in [5, 5.41) is 7.40. The van der Waals surface area contributed by atoms with Crippen LogP contribution < -0.4 is 15.0 Å². The molecular weight excluding hydrogens is 566 g/mol. The molecule has 0 aliphatic rings. The fourth-order valence-electron chi connectivity index (χ4n) is 4.73. The van der Waals surface area contributed by atoms with E-state index in [-0.39, 0.29) is 5.56 Å². The number of ether oxygens (including phenoxy) is 2. The Bertz CT molecular complexity index is 1790. The van der Waals surface area contributed by atoms with Gasteiger partial charge in [-0.15, -0.1) is 6.58 Å². The maximum Gasteiger partial charge on any atom is 0.282 e. The summed E-state index contributed by atoms with van der Waals surface area (Å²) in [6, 6.07) is 23.9. The van der Waals surface area contributed by atoms with Crippen molar-refractivity contribution >= 4 is 43.8 Å². The van der Waals surface area contributed by atoms with Crippen molar-refractivity contribution in [3.05, 3.63) is 123 Å². The van der Waals surface area contributed by atoms with E-state index >= 15 is 0 Å². The number of fused-ring (bicyclic) bond motifs is 2. The van der Waals surface area contributed by atoms with Crippen molar-refractivity contribution in [3.8, 4) is 11.5 Å². The molecule has 0 spiro atoms. The zero-order chi connectivity index (χ0) is 28.1. The standard InChI is InChI=1S/C33H30BrN3O3/c1-4-10-24-17-22(20-35-37-31(5-2)36-29-16-15-26(34)19-28(29)33(37)38)18-30(39-6-3)32(24)40-21-25-13-9-12-23-11-7-8-14-27(23)25/h4,7-9,11-20H,1,5-6,10,21H2,2-3H3. The van der Waals surface area contributed by atoms with Crippen molar-refractivity contribution in [2.24, 2.45) is 5.10 Å². The fourth-order valence-corrected chi connectivity index (χ4v) is 5.09. The highest BCUT2D eigenvalue weighted by atomic mass is 79.9. The molecule has 40 heavy (non-hydrogen) atoms. The van der Waals surface area contributed by atoms with E-state index in [1.54, 1.807) is 12.3 Å². The third kappa shape index (κ3) is 5.70. The van der Waals surface area contributed by atoms with Gasteiger partial charge in [-0.25, -0.2) is 4.98 Å². The minimum atomic E-state index is -0.217. The second-order valence-electron chi connectivity index (χ2n) is 9.26. The summed E-state index contributed by atoms with van der Waals surface area (Å²) < 4.78 is 14.6. The first-order valence-corrected chi connectivity index (χ1v) is 14.1. The molecule has 4 aromatic carbocycles. The molecule has 0 radical (unpaired) electrons. The maximum absolute atomic E-state index is 13.3. The van der Waals surface area contributed by atoms with E-state index in [0.29, 0.717) is 54.3 Å². The van der Waals surface area contributed by atoms with Gasteiger partial charge in [0.2, 0.25) is 0 Å². The Balaban J connectivity index is 1.53. The number of allylic oxidation sites excluding steroid dienone is 1. The molecule has 7 heteroatoms. The average molecular weight is 597 g/mol. The molecule has 0 aliphatic heterocycles. The largest absolute Gasteiger partial charge is 0.490 e. The van der Waals surface area contributed by atoms with Crippen molar-refractivity contribution in [2.75, 3.05) is 6.61 Å². The lowest BCUT2D eigenvalue weighted by Crippen LogP contribution is -2.22. The van der Waals surface area contributed by atoms with Gasteiger partial charge < -0.3 is 9.47 Å². The van der Waals surface area contributed by atoms with Gasteiger partial charge >= 0.3 is 0 Å². The number of aryl methyl sites for hydroxylation is 1. The Hall–Kier alpha value is -4.23. The summed E-state index contributed by atoms with van der Waals surface area (Å²) >= 11 is 3.45. The van der Waals surface area contributed by atoms with Crippen molar-refractivity contribution in [1.82, 2.24) is 9.66 Å². The second kappa shape index (κ2) is 12.3. The number of benzene rings is 4. The molecule has 5 aromatic rings. The quantitative estimate of drug-likeness (QED) is 0.124. The van der Waals surface area contributed by atoms with Gasteiger partial charge in [-0.1, -0.05) is 71.4 Å². The van der Waals surface area contributed by atoms with Gasteiger partial charge in [0.05, 0.1) is 23.7 Å². The first-order valence-electron chi connectivity index (χ1n) is 13.3. The molecule has 0 aliphatic carbocycles. The Morgan fingerprint density at radius 2 is 1.80 bits per heavy atom. The van der Waals surface area contributed by atoms with Crippen LogP contribution in [0.4, 0.5) is 0 Å². The van der Waals surface area contributed by atoms with E-state index in [9.17, 15) is 4.79 Å². The van der Waals surface area contributed by atoms with Crippen molar-refractivity contribution in [1.29, 1.82) is 0 Å². The molecule has 0 bridgehead atoms. The highest BCUT2D eigenvalue weighted by molar-refractivity contribution is 9.10. The Morgan fingerprint density at radius 3 is 2.60 bits per heavy atom. The SMILES string of the molecule is C=CCc1cc(C=Nn2c(CC)nc3ccc(Br)cc3c2=O)cc(OCC)c1OCc1cccc2ccccc12. The van der Waals surface area contributed by atoms with Crippen LogP contribution >= 0.6 is 15.9 Å². The third-order valence-electron chi connectivity index (χ3n) is 6.58. The molecule has 0 fully saturated rings. The van der Waals surface area contributed by atoms with Crippen LogP contribution in [0.25, 0.3) is 21.7 Å². The summed E-state index contributed by atoms with van der Waals surface area (Å²) in [7, 11) is 0. The zero-order valence-electron chi connectivity index (χ0n) is 22.6. The number of nitrogens with zero attached hydrogens (tertiary/aromatic N) is 3. The van der Waals surface area contributed by atoms with Gasteiger partial charge in [-0.05, 0) is 65.6 Å². The normalized spacial score (nSPS) is 11.4. The first kappa shape index (κ1) is 27.3. The molecule has 1 heterocycles.